The summed E-state index contributed by atoms with van der Waals surface area (Å²) in [5, 5.41) is 14.1. The molecule has 2 rings (SSSR count). The van der Waals surface area contributed by atoms with Gasteiger partial charge in [0.25, 0.3) is 0 Å². The van der Waals surface area contributed by atoms with E-state index in [0.29, 0.717) is 0 Å². The second-order valence-electron chi connectivity index (χ2n) is 3.87. The Labute approximate surface area is 84.1 Å². The van der Waals surface area contributed by atoms with E-state index >= 15 is 0 Å². The first kappa shape index (κ1) is 9.46. The fourth-order valence-electron chi connectivity index (χ4n) is 1.91. The van der Waals surface area contributed by atoms with E-state index in [-0.39, 0.29) is 0 Å². The molecular weight excluding hydrogens is 176 g/mol. The molecule has 1 aliphatic carbocycles. The van der Waals surface area contributed by atoms with Gasteiger partial charge in [-0.15, -0.1) is 0 Å². The third-order valence-electron chi connectivity index (χ3n) is 2.72. The molecule has 3 nitrogen and oxygen atoms in total. The molecule has 1 atom stereocenters. The van der Waals surface area contributed by atoms with Crippen molar-refractivity contribution < 1.29 is 5.11 Å². The van der Waals surface area contributed by atoms with Gasteiger partial charge in [0.15, 0.2) is 0 Å². The Kier molecular flexibility index (Phi) is 2.68. The van der Waals surface area contributed by atoms with Gasteiger partial charge in [0.05, 0.1) is 6.20 Å². The van der Waals surface area contributed by atoms with Crippen LogP contribution in [0.2, 0.25) is 0 Å². The summed E-state index contributed by atoms with van der Waals surface area (Å²) in [6.45, 7) is 0. The Morgan fingerprint density at radius 2 is 2.36 bits per heavy atom. The van der Waals surface area contributed by atoms with Crippen LogP contribution in [0.25, 0.3) is 0 Å². The number of allylic oxidation sites excluding steroid dienone is 1. The minimum Gasteiger partial charge on any atom is -0.384 e. The van der Waals surface area contributed by atoms with E-state index < -0.39 is 6.10 Å². The van der Waals surface area contributed by atoms with E-state index in [1.807, 2.05) is 13.2 Å². The normalized spacial score (nSPS) is 19.1. The lowest BCUT2D eigenvalue weighted by Gasteiger charge is -2.17. The van der Waals surface area contributed by atoms with Gasteiger partial charge in [-0.2, -0.15) is 5.10 Å². The molecule has 76 valence electrons. The molecule has 0 radical (unpaired) electrons. The van der Waals surface area contributed by atoms with E-state index in [1.165, 1.54) is 12.8 Å². The zero-order chi connectivity index (χ0) is 9.97. The second-order valence-corrected chi connectivity index (χ2v) is 3.87. The van der Waals surface area contributed by atoms with Crippen LogP contribution in [0, 0.1) is 0 Å². The molecule has 0 bridgehead atoms. The van der Waals surface area contributed by atoms with Gasteiger partial charge in [-0.05, 0) is 31.3 Å². The van der Waals surface area contributed by atoms with Crippen molar-refractivity contribution in [2.45, 2.75) is 31.8 Å². The minimum atomic E-state index is -0.441. The van der Waals surface area contributed by atoms with Crippen molar-refractivity contribution in [3.63, 3.8) is 0 Å². The van der Waals surface area contributed by atoms with Gasteiger partial charge in [0, 0.05) is 18.8 Å². The third-order valence-corrected chi connectivity index (χ3v) is 2.72. The summed E-state index contributed by atoms with van der Waals surface area (Å²) in [7, 11) is 1.87. The van der Waals surface area contributed by atoms with Gasteiger partial charge in [-0.3, -0.25) is 4.68 Å². The smallest absolute Gasteiger partial charge is 0.103 e. The summed E-state index contributed by atoms with van der Waals surface area (Å²) in [6, 6.07) is 0. The lowest BCUT2D eigenvalue weighted by molar-refractivity contribution is 0.208. The zero-order valence-electron chi connectivity index (χ0n) is 8.48. The van der Waals surface area contributed by atoms with Crippen molar-refractivity contribution in [3.8, 4) is 0 Å². The highest BCUT2D eigenvalue weighted by molar-refractivity contribution is 5.22. The van der Waals surface area contributed by atoms with Crippen molar-refractivity contribution in [2.24, 2.45) is 7.05 Å². The Hall–Kier alpha value is -1.09. The molecule has 1 unspecified atom stereocenters. The number of aryl methyl sites for hydroxylation is 1. The number of rotatable bonds is 2. The molecule has 1 aromatic heterocycles. The highest BCUT2D eigenvalue weighted by atomic mass is 16.3. The van der Waals surface area contributed by atoms with E-state index in [2.05, 4.69) is 11.2 Å². The van der Waals surface area contributed by atoms with Gasteiger partial charge >= 0.3 is 0 Å². The average molecular weight is 192 g/mol. The van der Waals surface area contributed by atoms with Crippen molar-refractivity contribution in [1.82, 2.24) is 9.78 Å². The van der Waals surface area contributed by atoms with E-state index in [4.69, 9.17) is 0 Å². The second kappa shape index (κ2) is 3.96. The monoisotopic (exact) mass is 192 g/mol. The molecule has 0 saturated carbocycles. The van der Waals surface area contributed by atoms with Crippen LogP contribution in [0.3, 0.4) is 0 Å². The molecule has 0 spiro atoms. The standard InChI is InChI=1S/C11H16N2O/c1-13-8-10(7-12-13)11(14)9-5-3-2-4-6-9/h5,7-8,11,14H,2-4,6H2,1H3. The van der Waals surface area contributed by atoms with Crippen LogP contribution in [-0.2, 0) is 7.05 Å². The highest BCUT2D eigenvalue weighted by Gasteiger charge is 2.16. The van der Waals surface area contributed by atoms with Crippen LogP contribution in [0.1, 0.15) is 37.4 Å². The fourth-order valence-corrected chi connectivity index (χ4v) is 1.91. The van der Waals surface area contributed by atoms with Crippen molar-refractivity contribution in [1.29, 1.82) is 0 Å². The number of aliphatic hydroxyl groups excluding tert-OH is 1. The van der Waals surface area contributed by atoms with Gasteiger partial charge < -0.3 is 5.11 Å². The van der Waals surface area contributed by atoms with Crippen LogP contribution < -0.4 is 0 Å². The molecule has 0 aliphatic heterocycles. The third kappa shape index (κ3) is 1.87. The number of aromatic nitrogens is 2. The largest absolute Gasteiger partial charge is 0.384 e. The summed E-state index contributed by atoms with van der Waals surface area (Å²) < 4.78 is 1.72. The van der Waals surface area contributed by atoms with Crippen LogP contribution in [-0.4, -0.2) is 14.9 Å². The first-order valence-corrected chi connectivity index (χ1v) is 5.13. The maximum atomic E-state index is 10.0. The zero-order valence-corrected chi connectivity index (χ0v) is 8.48. The molecule has 1 aromatic rings. The minimum absolute atomic E-state index is 0.441. The Morgan fingerprint density at radius 3 is 2.93 bits per heavy atom. The van der Waals surface area contributed by atoms with E-state index in [9.17, 15) is 5.11 Å². The molecule has 1 heterocycles. The number of aliphatic hydroxyl groups is 1. The molecule has 1 N–H and O–H groups in total. The molecule has 3 heteroatoms. The molecule has 0 saturated heterocycles. The SMILES string of the molecule is Cn1cc(C(O)C2=CCCCC2)cn1. The predicted octanol–water partition coefficient (Wildman–Crippen LogP) is 1.95. The lowest BCUT2D eigenvalue weighted by Crippen LogP contribution is -2.03. The number of hydrogen-bond donors (Lipinski definition) is 1. The Bertz CT molecular complexity index is 341. The Morgan fingerprint density at radius 1 is 1.50 bits per heavy atom. The van der Waals surface area contributed by atoms with Crippen LogP contribution in [0.15, 0.2) is 24.0 Å². The molecular formula is C11H16N2O. The molecule has 1 aliphatic rings. The number of nitrogens with zero attached hydrogens (tertiary/aromatic N) is 2. The van der Waals surface area contributed by atoms with Gasteiger partial charge in [0.1, 0.15) is 6.10 Å². The summed E-state index contributed by atoms with van der Waals surface area (Å²) in [5.41, 5.74) is 2.06. The molecule has 0 amide bonds. The Balaban J connectivity index is 2.14. The highest BCUT2D eigenvalue weighted by Crippen LogP contribution is 2.29. The summed E-state index contributed by atoms with van der Waals surface area (Å²) >= 11 is 0. The quantitative estimate of drug-likeness (QED) is 0.727. The maximum Gasteiger partial charge on any atom is 0.103 e. The van der Waals surface area contributed by atoms with E-state index in [1.54, 1.807) is 10.9 Å². The number of hydrogen-bond acceptors (Lipinski definition) is 2. The molecule has 0 aromatic carbocycles. The summed E-state index contributed by atoms with van der Waals surface area (Å²) in [5.74, 6) is 0. The topological polar surface area (TPSA) is 38.0 Å². The predicted molar refractivity (Wildman–Crippen MR) is 54.7 cm³/mol. The fraction of sp³-hybridized carbons (Fsp3) is 0.545. The van der Waals surface area contributed by atoms with E-state index in [0.717, 1.165) is 24.0 Å². The first-order chi connectivity index (χ1) is 6.77. The van der Waals surface area contributed by atoms with Gasteiger partial charge in [-0.1, -0.05) is 6.08 Å². The van der Waals surface area contributed by atoms with Gasteiger partial charge in [0.2, 0.25) is 0 Å². The van der Waals surface area contributed by atoms with Crippen LogP contribution in [0.4, 0.5) is 0 Å². The van der Waals surface area contributed by atoms with Gasteiger partial charge in [-0.25, -0.2) is 0 Å². The lowest BCUT2D eigenvalue weighted by atomic mass is 9.93. The summed E-state index contributed by atoms with van der Waals surface area (Å²) in [6.07, 6.45) is 9.92. The average Bonchev–Trinajstić information content (AvgIpc) is 2.65. The molecule has 0 fully saturated rings. The van der Waals surface area contributed by atoms with Crippen molar-refractivity contribution in [3.05, 3.63) is 29.6 Å². The molecule has 14 heavy (non-hydrogen) atoms. The van der Waals surface area contributed by atoms with Crippen molar-refractivity contribution in [2.75, 3.05) is 0 Å². The first-order valence-electron chi connectivity index (χ1n) is 5.13. The summed E-state index contributed by atoms with van der Waals surface area (Å²) in [4.78, 5) is 0. The van der Waals surface area contributed by atoms with Crippen molar-refractivity contribution >= 4 is 0 Å². The van der Waals surface area contributed by atoms with Crippen LogP contribution in [0.5, 0.6) is 0 Å². The van der Waals surface area contributed by atoms with Crippen LogP contribution >= 0.6 is 0 Å². The maximum absolute atomic E-state index is 10.0.